The van der Waals surface area contributed by atoms with Crippen molar-refractivity contribution in [2.75, 3.05) is 0 Å². The third-order valence-electron chi connectivity index (χ3n) is 10.0. The predicted octanol–water partition coefficient (Wildman–Crippen LogP) is 8.26. The first-order valence-electron chi connectivity index (χ1n) is 14.3. The molecule has 0 aromatic heterocycles. The molecule has 0 amide bonds. The number of fused-ring (bicyclic) bond motifs is 2. The van der Waals surface area contributed by atoms with Crippen LogP contribution in [0.4, 0.5) is 13.2 Å². The standard InChI is InChI=1S/C28H49F3O6SSi2/c1-13-20(37-40(11,12)24(3,4)5)22-18-19(2)27(34-22)17-16-25(6)23(35-38(32,33)28(29,30)31)21(36-39(8,9)10)14-15-26(25,27)7/h14-15,19-20,22H,13,16-18H2,1-12H3/t19-,20+,22+,25+,26+,27+/m1/s1. The van der Waals surface area contributed by atoms with Gasteiger partial charge in [-0.25, -0.2) is 0 Å². The molecule has 1 saturated heterocycles. The molecule has 0 aromatic rings. The van der Waals surface area contributed by atoms with Crippen LogP contribution in [0.15, 0.2) is 23.7 Å². The summed E-state index contributed by atoms with van der Waals surface area (Å²) < 4.78 is 90.3. The largest absolute Gasteiger partial charge is 0.542 e. The lowest BCUT2D eigenvalue weighted by atomic mass is 9.57. The van der Waals surface area contributed by atoms with Crippen molar-refractivity contribution in [1.29, 1.82) is 0 Å². The first-order chi connectivity index (χ1) is 17.8. The molecule has 6 atom stereocenters. The van der Waals surface area contributed by atoms with Crippen molar-refractivity contribution in [2.24, 2.45) is 16.7 Å². The number of hydrogen-bond donors (Lipinski definition) is 0. The Morgan fingerprint density at radius 3 is 2.15 bits per heavy atom. The molecular weight excluding hydrogens is 578 g/mol. The fraction of sp³-hybridized carbons (Fsp3) is 0.857. The van der Waals surface area contributed by atoms with Crippen LogP contribution in [0.2, 0.25) is 37.8 Å². The second-order valence-corrected chi connectivity index (χ2v) is 25.5. The quantitative estimate of drug-likeness (QED) is 0.153. The van der Waals surface area contributed by atoms with Gasteiger partial charge in [0.1, 0.15) is 5.76 Å². The van der Waals surface area contributed by atoms with Crippen molar-refractivity contribution < 1.29 is 39.4 Å². The molecule has 1 heterocycles. The highest BCUT2D eigenvalue weighted by Crippen LogP contribution is 2.70. The molecule has 3 aliphatic rings. The number of allylic oxidation sites excluding steroid dienone is 2. The van der Waals surface area contributed by atoms with Gasteiger partial charge in [-0.1, -0.05) is 54.5 Å². The van der Waals surface area contributed by atoms with Gasteiger partial charge in [0.25, 0.3) is 0 Å². The smallest absolute Gasteiger partial charge is 0.534 e. The van der Waals surface area contributed by atoms with Crippen molar-refractivity contribution in [1.82, 2.24) is 0 Å². The summed E-state index contributed by atoms with van der Waals surface area (Å²) >= 11 is 0. The number of halogens is 3. The SMILES string of the molecule is CC[C@H](O[Si](C)(C)C(C)(C)C)[C@@H]1C[C@@H](C)[C@]2(CC[C@@]3(C)C(OS(=O)(=O)C(F)(F)F)=C(O[Si](C)(C)C)C=C[C@@]32C)O1. The summed E-state index contributed by atoms with van der Waals surface area (Å²) in [5.41, 5.74) is -8.27. The van der Waals surface area contributed by atoms with Crippen molar-refractivity contribution >= 4 is 26.8 Å². The average Bonchev–Trinajstić information content (AvgIpc) is 3.22. The third-order valence-corrected chi connectivity index (χ3v) is 16.3. The summed E-state index contributed by atoms with van der Waals surface area (Å²) in [6.45, 7) is 24.6. The Morgan fingerprint density at radius 1 is 1.10 bits per heavy atom. The molecule has 0 N–H and O–H groups in total. The van der Waals surface area contributed by atoms with E-state index in [4.69, 9.17) is 17.8 Å². The molecule has 0 aromatic carbocycles. The second kappa shape index (κ2) is 10.1. The molecule has 1 spiro atoms. The molecule has 1 aliphatic heterocycles. The molecule has 12 heteroatoms. The minimum Gasteiger partial charge on any atom is -0.542 e. The van der Waals surface area contributed by atoms with Crippen LogP contribution in [0, 0.1) is 16.7 Å². The maximum atomic E-state index is 13.6. The Labute approximate surface area is 241 Å². The molecule has 0 bridgehead atoms. The maximum absolute atomic E-state index is 13.6. The lowest BCUT2D eigenvalue weighted by Crippen LogP contribution is -2.54. The monoisotopic (exact) mass is 626 g/mol. The minimum absolute atomic E-state index is 0.0279. The van der Waals surface area contributed by atoms with Crippen LogP contribution in [0.25, 0.3) is 0 Å². The lowest BCUT2D eigenvalue weighted by Gasteiger charge is -2.51. The van der Waals surface area contributed by atoms with E-state index < -0.39 is 48.7 Å². The van der Waals surface area contributed by atoms with E-state index in [0.29, 0.717) is 12.8 Å². The molecule has 3 rings (SSSR count). The van der Waals surface area contributed by atoms with Crippen LogP contribution in [0.1, 0.15) is 74.1 Å². The first-order valence-corrected chi connectivity index (χ1v) is 22.0. The molecule has 6 nitrogen and oxygen atoms in total. The summed E-state index contributed by atoms with van der Waals surface area (Å²) in [6, 6.07) is 0. The van der Waals surface area contributed by atoms with Gasteiger partial charge in [-0.05, 0) is 75.5 Å². The fourth-order valence-corrected chi connectivity index (χ4v) is 9.33. The van der Waals surface area contributed by atoms with Gasteiger partial charge in [0.15, 0.2) is 14.1 Å². The van der Waals surface area contributed by atoms with E-state index in [1.165, 1.54) is 0 Å². The zero-order valence-corrected chi connectivity index (χ0v) is 29.0. The summed E-state index contributed by atoms with van der Waals surface area (Å²) in [4.78, 5) is 0. The maximum Gasteiger partial charge on any atom is 0.534 e. The van der Waals surface area contributed by atoms with Gasteiger partial charge in [0.2, 0.25) is 8.32 Å². The van der Waals surface area contributed by atoms with Crippen LogP contribution in [0.3, 0.4) is 0 Å². The van der Waals surface area contributed by atoms with Crippen LogP contribution < -0.4 is 0 Å². The van der Waals surface area contributed by atoms with Crippen LogP contribution in [-0.2, 0) is 27.9 Å². The number of alkyl halides is 3. The minimum atomic E-state index is -5.91. The van der Waals surface area contributed by atoms with Gasteiger partial charge in [-0.2, -0.15) is 21.6 Å². The first kappa shape index (κ1) is 33.7. The van der Waals surface area contributed by atoms with Crippen molar-refractivity contribution in [2.45, 2.75) is 135 Å². The molecule has 0 radical (unpaired) electrons. The normalized spacial score (nSPS) is 34.4. The highest BCUT2D eigenvalue weighted by atomic mass is 32.2. The Hall–Kier alpha value is -0.826. The lowest BCUT2D eigenvalue weighted by molar-refractivity contribution is -0.145. The molecular formula is C28H49F3O6SSi2. The summed E-state index contributed by atoms with van der Waals surface area (Å²) in [6.07, 6.45) is 5.69. The molecule has 0 unspecified atom stereocenters. The zero-order valence-electron chi connectivity index (χ0n) is 26.2. The molecule has 2 fully saturated rings. The molecule has 1 saturated carbocycles. The van der Waals surface area contributed by atoms with E-state index in [1.54, 1.807) is 13.0 Å². The fourth-order valence-electron chi connectivity index (χ4n) is 6.50. The van der Waals surface area contributed by atoms with Gasteiger partial charge < -0.3 is 17.8 Å². The van der Waals surface area contributed by atoms with E-state index in [1.807, 2.05) is 32.6 Å². The van der Waals surface area contributed by atoms with Crippen molar-refractivity contribution in [3.63, 3.8) is 0 Å². The van der Waals surface area contributed by atoms with Crippen LogP contribution >= 0.6 is 0 Å². The number of rotatable bonds is 8. The van der Waals surface area contributed by atoms with Gasteiger partial charge in [0, 0.05) is 10.8 Å². The van der Waals surface area contributed by atoms with E-state index in [9.17, 15) is 21.6 Å². The summed E-state index contributed by atoms with van der Waals surface area (Å²) in [7, 11) is -10.3. The molecule has 232 valence electrons. The second-order valence-electron chi connectivity index (χ2n) is 14.8. The molecule has 2 aliphatic carbocycles. The van der Waals surface area contributed by atoms with Gasteiger partial charge >= 0.3 is 15.6 Å². The topological polar surface area (TPSA) is 71.1 Å². The number of hydrogen-bond acceptors (Lipinski definition) is 6. The summed E-state index contributed by atoms with van der Waals surface area (Å²) in [5.74, 6) is -0.178. The highest BCUT2D eigenvalue weighted by Gasteiger charge is 2.71. The Morgan fingerprint density at radius 2 is 1.68 bits per heavy atom. The van der Waals surface area contributed by atoms with Crippen molar-refractivity contribution in [3.05, 3.63) is 23.7 Å². The van der Waals surface area contributed by atoms with E-state index in [-0.39, 0.29) is 34.7 Å². The van der Waals surface area contributed by atoms with Crippen molar-refractivity contribution in [3.8, 4) is 0 Å². The Kier molecular flexibility index (Phi) is 8.53. The van der Waals surface area contributed by atoms with Crippen LogP contribution in [-0.4, -0.2) is 48.4 Å². The Balaban J connectivity index is 2.07. The molecule has 40 heavy (non-hydrogen) atoms. The van der Waals surface area contributed by atoms with Gasteiger partial charge in [-0.15, -0.1) is 0 Å². The number of ether oxygens (including phenoxy) is 1. The van der Waals surface area contributed by atoms with Crippen LogP contribution in [0.5, 0.6) is 0 Å². The Bertz CT molecular complexity index is 1150. The summed E-state index contributed by atoms with van der Waals surface area (Å²) in [5, 5.41) is 0.0279. The highest BCUT2D eigenvalue weighted by molar-refractivity contribution is 7.87. The van der Waals surface area contributed by atoms with Gasteiger partial charge in [0.05, 0.1) is 17.8 Å². The third kappa shape index (κ3) is 5.48. The zero-order chi connectivity index (χ0) is 31.0. The average molecular weight is 627 g/mol. The van der Waals surface area contributed by atoms with Gasteiger partial charge in [-0.3, -0.25) is 0 Å². The predicted molar refractivity (Wildman–Crippen MR) is 156 cm³/mol. The van der Waals surface area contributed by atoms with E-state index in [0.717, 1.165) is 12.8 Å². The van der Waals surface area contributed by atoms with E-state index >= 15 is 0 Å². The van der Waals surface area contributed by atoms with E-state index in [2.05, 4.69) is 47.7 Å².